The number of carbonyl (C=O) groups excluding carboxylic acids is 1. The molecule has 0 aliphatic carbocycles. The van der Waals surface area contributed by atoms with Crippen molar-refractivity contribution in [1.82, 2.24) is 10.3 Å². The van der Waals surface area contributed by atoms with Gasteiger partial charge in [0.2, 0.25) is 5.91 Å². The maximum Gasteiger partial charge on any atom is 0.220 e. The van der Waals surface area contributed by atoms with Crippen LogP contribution in [-0.4, -0.2) is 18.0 Å². The molecule has 0 saturated carbocycles. The van der Waals surface area contributed by atoms with Crippen LogP contribution in [0.1, 0.15) is 23.4 Å². The second-order valence-corrected chi connectivity index (χ2v) is 6.54. The average Bonchev–Trinajstić information content (AvgIpc) is 3.15. The van der Waals surface area contributed by atoms with Gasteiger partial charge in [0, 0.05) is 37.1 Å². The van der Waals surface area contributed by atoms with E-state index in [9.17, 15) is 4.79 Å². The zero-order chi connectivity index (χ0) is 19.1. The van der Waals surface area contributed by atoms with Gasteiger partial charge in [-0.1, -0.05) is 35.9 Å². The number of amides is 1. The highest BCUT2D eigenvalue weighted by atomic mass is 35.5. The van der Waals surface area contributed by atoms with Crippen LogP contribution in [-0.2, 0) is 29.1 Å². The normalized spacial score (nSPS) is 10.7. The van der Waals surface area contributed by atoms with E-state index < -0.39 is 0 Å². The summed E-state index contributed by atoms with van der Waals surface area (Å²) in [5.74, 6) is 1.15. The fourth-order valence-electron chi connectivity index (χ4n) is 2.70. The SMILES string of the molecule is COCc1ccccc1CNC(=O)CCc1ncc(-c2ccc(Cl)cc2)o1. The number of oxazole rings is 1. The number of carbonyl (C=O) groups is 1. The molecule has 0 radical (unpaired) electrons. The number of ether oxygens (including phenoxy) is 1. The Hall–Kier alpha value is -2.63. The Balaban J connectivity index is 1.50. The summed E-state index contributed by atoms with van der Waals surface area (Å²) in [4.78, 5) is 16.4. The molecule has 3 rings (SSSR count). The number of nitrogens with zero attached hydrogens (tertiary/aromatic N) is 1. The van der Waals surface area contributed by atoms with Crippen molar-refractivity contribution in [3.05, 3.63) is 76.8 Å². The first-order valence-electron chi connectivity index (χ1n) is 8.69. The Kier molecular flexibility index (Phi) is 6.63. The lowest BCUT2D eigenvalue weighted by Crippen LogP contribution is -2.23. The van der Waals surface area contributed by atoms with Crippen LogP contribution in [0.25, 0.3) is 11.3 Å². The number of rotatable bonds is 8. The van der Waals surface area contributed by atoms with Crippen LogP contribution in [0.5, 0.6) is 0 Å². The standard InChI is InChI=1S/C21H21ClN2O3/c1-26-14-17-5-3-2-4-16(17)12-23-20(25)10-11-21-24-13-19(27-21)15-6-8-18(22)9-7-15/h2-9,13H,10-12,14H2,1H3,(H,23,25). The molecule has 0 bridgehead atoms. The van der Waals surface area contributed by atoms with E-state index >= 15 is 0 Å². The first kappa shape index (κ1) is 19.1. The molecule has 27 heavy (non-hydrogen) atoms. The van der Waals surface area contributed by atoms with E-state index in [2.05, 4.69) is 10.3 Å². The summed E-state index contributed by atoms with van der Waals surface area (Å²) in [7, 11) is 1.66. The Bertz CT molecular complexity index is 890. The molecular formula is C21H21ClN2O3. The minimum atomic E-state index is -0.0477. The Morgan fingerprint density at radius 2 is 1.89 bits per heavy atom. The summed E-state index contributed by atoms with van der Waals surface area (Å²) >= 11 is 5.89. The van der Waals surface area contributed by atoms with Gasteiger partial charge in [0.1, 0.15) is 0 Å². The number of hydrogen-bond donors (Lipinski definition) is 1. The lowest BCUT2D eigenvalue weighted by molar-refractivity contribution is -0.121. The fraction of sp³-hybridized carbons (Fsp3) is 0.238. The second kappa shape index (κ2) is 9.35. The quantitative estimate of drug-likeness (QED) is 0.625. The first-order valence-corrected chi connectivity index (χ1v) is 9.06. The van der Waals surface area contributed by atoms with Crippen molar-refractivity contribution >= 4 is 17.5 Å². The molecule has 1 heterocycles. The molecule has 5 nitrogen and oxygen atoms in total. The molecule has 0 saturated heterocycles. The average molecular weight is 385 g/mol. The summed E-state index contributed by atoms with van der Waals surface area (Å²) in [5, 5.41) is 3.60. The molecule has 140 valence electrons. The van der Waals surface area contributed by atoms with Crippen LogP contribution in [0.15, 0.2) is 59.1 Å². The van der Waals surface area contributed by atoms with Gasteiger partial charge in [-0.2, -0.15) is 0 Å². The molecule has 1 N–H and O–H groups in total. The molecule has 3 aromatic rings. The van der Waals surface area contributed by atoms with E-state index in [4.69, 9.17) is 20.8 Å². The van der Waals surface area contributed by atoms with Crippen molar-refractivity contribution in [2.24, 2.45) is 0 Å². The monoisotopic (exact) mass is 384 g/mol. The Morgan fingerprint density at radius 1 is 1.15 bits per heavy atom. The molecule has 0 aliphatic rings. The minimum Gasteiger partial charge on any atom is -0.441 e. The van der Waals surface area contributed by atoms with Gasteiger partial charge >= 0.3 is 0 Å². The maximum absolute atomic E-state index is 12.1. The Morgan fingerprint density at radius 3 is 2.63 bits per heavy atom. The number of aryl methyl sites for hydroxylation is 1. The van der Waals surface area contributed by atoms with Crippen LogP contribution >= 0.6 is 11.6 Å². The van der Waals surface area contributed by atoms with E-state index in [1.54, 1.807) is 25.4 Å². The highest BCUT2D eigenvalue weighted by molar-refractivity contribution is 6.30. The summed E-state index contributed by atoms with van der Waals surface area (Å²) < 4.78 is 10.9. The largest absolute Gasteiger partial charge is 0.441 e. The van der Waals surface area contributed by atoms with Crippen molar-refractivity contribution in [2.45, 2.75) is 26.0 Å². The van der Waals surface area contributed by atoms with E-state index in [1.807, 2.05) is 36.4 Å². The van der Waals surface area contributed by atoms with Gasteiger partial charge in [-0.3, -0.25) is 4.79 Å². The predicted octanol–water partition coefficient (Wildman–Crippen LogP) is 4.39. The molecule has 2 aromatic carbocycles. The summed E-state index contributed by atoms with van der Waals surface area (Å²) in [6.07, 6.45) is 2.42. The molecule has 6 heteroatoms. The molecule has 0 fully saturated rings. The van der Waals surface area contributed by atoms with Crippen molar-refractivity contribution in [1.29, 1.82) is 0 Å². The lowest BCUT2D eigenvalue weighted by Gasteiger charge is -2.09. The van der Waals surface area contributed by atoms with Crippen molar-refractivity contribution in [2.75, 3.05) is 7.11 Å². The second-order valence-electron chi connectivity index (χ2n) is 6.10. The summed E-state index contributed by atoms with van der Waals surface area (Å²) in [6.45, 7) is 0.996. The number of hydrogen-bond acceptors (Lipinski definition) is 4. The highest BCUT2D eigenvalue weighted by Gasteiger charge is 2.10. The third-order valence-electron chi connectivity index (χ3n) is 4.14. The molecule has 0 atom stereocenters. The van der Waals surface area contributed by atoms with Crippen LogP contribution in [0, 0.1) is 0 Å². The maximum atomic E-state index is 12.1. The number of halogens is 1. The van der Waals surface area contributed by atoms with Crippen LogP contribution in [0.2, 0.25) is 5.02 Å². The predicted molar refractivity (Wildman–Crippen MR) is 104 cm³/mol. The molecule has 0 aliphatic heterocycles. The van der Waals surface area contributed by atoms with Gasteiger partial charge in [-0.25, -0.2) is 4.98 Å². The lowest BCUT2D eigenvalue weighted by atomic mass is 10.1. The van der Waals surface area contributed by atoms with Crippen molar-refractivity contribution in [3.8, 4) is 11.3 Å². The van der Waals surface area contributed by atoms with Gasteiger partial charge in [0.25, 0.3) is 0 Å². The van der Waals surface area contributed by atoms with Crippen molar-refractivity contribution < 1.29 is 13.9 Å². The minimum absolute atomic E-state index is 0.0477. The third kappa shape index (κ3) is 5.42. The number of nitrogens with one attached hydrogen (secondary N) is 1. The van der Waals surface area contributed by atoms with Crippen LogP contribution in [0.4, 0.5) is 0 Å². The molecule has 1 amide bonds. The molecule has 0 unspecified atom stereocenters. The third-order valence-corrected chi connectivity index (χ3v) is 4.39. The smallest absolute Gasteiger partial charge is 0.220 e. The van der Waals surface area contributed by atoms with Crippen LogP contribution in [0.3, 0.4) is 0 Å². The number of methoxy groups -OCH3 is 1. The van der Waals surface area contributed by atoms with E-state index in [0.717, 1.165) is 16.7 Å². The summed E-state index contributed by atoms with van der Waals surface area (Å²) in [6, 6.07) is 15.2. The molecule has 0 spiro atoms. The molecule has 1 aromatic heterocycles. The fourth-order valence-corrected chi connectivity index (χ4v) is 2.83. The number of benzene rings is 2. The van der Waals surface area contributed by atoms with Crippen LogP contribution < -0.4 is 5.32 Å². The zero-order valence-electron chi connectivity index (χ0n) is 15.1. The highest BCUT2D eigenvalue weighted by Crippen LogP contribution is 2.22. The van der Waals surface area contributed by atoms with Gasteiger partial charge in [-0.15, -0.1) is 0 Å². The number of aromatic nitrogens is 1. The summed E-state index contributed by atoms with van der Waals surface area (Å²) in [5.41, 5.74) is 3.02. The Labute approximate surface area is 163 Å². The topological polar surface area (TPSA) is 64.4 Å². The molecular weight excluding hydrogens is 364 g/mol. The van der Waals surface area contributed by atoms with E-state index in [-0.39, 0.29) is 5.91 Å². The van der Waals surface area contributed by atoms with Gasteiger partial charge in [-0.05, 0) is 35.4 Å². The van der Waals surface area contributed by atoms with Crippen molar-refractivity contribution in [3.63, 3.8) is 0 Å². The van der Waals surface area contributed by atoms with Gasteiger partial charge in [0.05, 0.1) is 12.8 Å². The zero-order valence-corrected chi connectivity index (χ0v) is 15.8. The first-order chi connectivity index (χ1) is 13.2. The van der Waals surface area contributed by atoms with Gasteiger partial charge < -0.3 is 14.5 Å². The van der Waals surface area contributed by atoms with E-state index in [0.29, 0.717) is 42.7 Å². The van der Waals surface area contributed by atoms with Gasteiger partial charge in [0.15, 0.2) is 11.7 Å². The van der Waals surface area contributed by atoms with E-state index in [1.165, 1.54) is 0 Å².